The highest BCUT2D eigenvalue weighted by Gasteiger charge is 1.90. The molecule has 0 bridgehead atoms. The van der Waals surface area contributed by atoms with Gasteiger partial charge in [0.05, 0.1) is 12.5 Å². The summed E-state index contributed by atoms with van der Waals surface area (Å²) in [6, 6.07) is 2.00. The second-order valence-electron chi connectivity index (χ2n) is 1.77. The van der Waals surface area contributed by atoms with E-state index in [1.165, 1.54) is 11.3 Å². The van der Waals surface area contributed by atoms with Crippen LogP contribution in [-0.4, -0.2) is 5.75 Å². The molecule has 0 amide bonds. The summed E-state index contributed by atoms with van der Waals surface area (Å²) >= 11 is 1.91. The van der Waals surface area contributed by atoms with Gasteiger partial charge in [0.1, 0.15) is 0 Å². The molecule has 2 heteroatoms. The molecule has 0 radical (unpaired) electrons. The average Bonchev–Trinajstić information content (AvgIpc) is 2.34. The Morgan fingerprint density at radius 3 is 3.11 bits per heavy atom. The highest BCUT2D eigenvalue weighted by molar-refractivity contribution is 7.98. The highest BCUT2D eigenvalue weighted by atomic mass is 32.2. The van der Waals surface area contributed by atoms with Crippen molar-refractivity contribution < 1.29 is 4.42 Å². The molecular formula is C7H10OS. The Balaban J connectivity index is 2.30. The zero-order valence-corrected chi connectivity index (χ0v) is 6.28. The van der Waals surface area contributed by atoms with E-state index in [2.05, 4.69) is 6.92 Å². The van der Waals surface area contributed by atoms with Gasteiger partial charge >= 0.3 is 0 Å². The lowest BCUT2D eigenvalue weighted by Gasteiger charge is -1.90. The Hall–Kier alpha value is -0.370. The van der Waals surface area contributed by atoms with Crippen molar-refractivity contribution in [2.24, 2.45) is 0 Å². The second-order valence-corrected chi connectivity index (χ2v) is 3.04. The summed E-state index contributed by atoms with van der Waals surface area (Å²) in [5, 5.41) is 0. The van der Waals surface area contributed by atoms with Crippen LogP contribution in [0, 0.1) is 0 Å². The molecule has 0 fully saturated rings. The number of rotatable bonds is 3. The molecule has 0 aliphatic carbocycles. The lowest BCUT2D eigenvalue weighted by atomic mass is 10.4. The van der Waals surface area contributed by atoms with E-state index in [1.807, 2.05) is 17.8 Å². The van der Waals surface area contributed by atoms with E-state index in [1.54, 1.807) is 12.5 Å². The van der Waals surface area contributed by atoms with Crippen LogP contribution in [0.2, 0.25) is 0 Å². The van der Waals surface area contributed by atoms with Crippen molar-refractivity contribution in [2.45, 2.75) is 12.7 Å². The standard InChI is InChI=1S/C7H10OS/c1-2-9-6-7-3-4-8-5-7/h3-5H,2,6H2,1H3. The molecule has 0 saturated carbocycles. The number of hydrogen-bond donors (Lipinski definition) is 0. The summed E-state index contributed by atoms with van der Waals surface area (Å²) in [4.78, 5) is 0. The maximum absolute atomic E-state index is 4.90. The molecule has 50 valence electrons. The van der Waals surface area contributed by atoms with Crippen molar-refractivity contribution in [2.75, 3.05) is 5.75 Å². The molecule has 0 saturated heterocycles. The fourth-order valence-electron chi connectivity index (χ4n) is 0.595. The van der Waals surface area contributed by atoms with Crippen molar-refractivity contribution in [3.63, 3.8) is 0 Å². The first-order valence-corrected chi connectivity index (χ1v) is 4.17. The average molecular weight is 142 g/mol. The monoisotopic (exact) mass is 142 g/mol. The summed E-state index contributed by atoms with van der Waals surface area (Å²) in [5.41, 5.74) is 1.28. The molecule has 1 aromatic heterocycles. The van der Waals surface area contributed by atoms with Crippen molar-refractivity contribution in [1.82, 2.24) is 0 Å². The Labute approximate surface area is 59.4 Å². The molecule has 0 N–H and O–H groups in total. The van der Waals surface area contributed by atoms with Crippen molar-refractivity contribution in [3.8, 4) is 0 Å². The first-order chi connectivity index (χ1) is 4.43. The van der Waals surface area contributed by atoms with E-state index >= 15 is 0 Å². The minimum atomic E-state index is 1.08. The largest absolute Gasteiger partial charge is 0.472 e. The smallest absolute Gasteiger partial charge is 0.0942 e. The number of furan rings is 1. The van der Waals surface area contributed by atoms with E-state index in [4.69, 9.17) is 4.42 Å². The van der Waals surface area contributed by atoms with Crippen LogP contribution in [0.1, 0.15) is 12.5 Å². The summed E-state index contributed by atoms with van der Waals surface area (Å²) in [5.74, 6) is 2.25. The molecule has 1 heterocycles. The summed E-state index contributed by atoms with van der Waals surface area (Å²) in [7, 11) is 0. The van der Waals surface area contributed by atoms with E-state index in [0.717, 1.165) is 5.75 Å². The van der Waals surface area contributed by atoms with Crippen LogP contribution in [0.15, 0.2) is 23.0 Å². The van der Waals surface area contributed by atoms with E-state index in [9.17, 15) is 0 Å². The maximum atomic E-state index is 4.90. The normalized spacial score (nSPS) is 9.89. The third kappa shape index (κ3) is 2.14. The van der Waals surface area contributed by atoms with E-state index in [0.29, 0.717) is 0 Å². The van der Waals surface area contributed by atoms with Gasteiger partial charge in [0, 0.05) is 11.3 Å². The van der Waals surface area contributed by atoms with Gasteiger partial charge in [-0.25, -0.2) is 0 Å². The predicted octanol–water partition coefficient (Wildman–Crippen LogP) is 2.53. The molecular weight excluding hydrogens is 132 g/mol. The quantitative estimate of drug-likeness (QED) is 0.643. The third-order valence-corrected chi connectivity index (χ3v) is 2.00. The van der Waals surface area contributed by atoms with Gasteiger partial charge in [-0.15, -0.1) is 0 Å². The van der Waals surface area contributed by atoms with Gasteiger partial charge in [0.2, 0.25) is 0 Å². The summed E-state index contributed by atoms with van der Waals surface area (Å²) in [6.45, 7) is 2.16. The van der Waals surface area contributed by atoms with Gasteiger partial charge in [0.15, 0.2) is 0 Å². The van der Waals surface area contributed by atoms with Crippen molar-refractivity contribution >= 4 is 11.8 Å². The van der Waals surface area contributed by atoms with Crippen LogP contribution in [0.5, 0.6) is 0 Å². The maximum Gasteiger partial charge on any atom is 0.0942 e. The summed E-state index contributed by atoms with van der Waals surface area (Å²) < 4.78 is 4.90. The molecule has 0 spiro atoms. The molecule has 0 aliphatic heterocycles. The van der Waals surface area contributed by atoms with Crippen LogP contribution in [0.4, 0.5) is 0 Å². The van der Waals surface area contributed by atoms with Gasteiger partial charge < -0.3 is 4.42 Å². The zero-order chi connectivity index (χ0) is 6.53. The van der Waals surface area contributed by atoms with Crippen LogP contribution < -0.4 is 0 Å². The zero-order valence-electron chi connectivity index (χ0n) is 5.46. The Bertz CT molecular complexity index is 146. The van der Waals surface area contributed by atoms with E-state index in [-0.39, 0.29) is 0 Å². The van der Waals surface area contributed by atoms with Gasteiger partial charge in [-0.3, -0.25) is 0 Å². The van der Waals surface area contributed by atoms with Gasteiger partial charge in [-0.1, -0.05) is 6.92 Å². The van der Waals surface area contributed by atoms with Crippen LogP contribution >= 0.6 is 11.8 Å². The van der Waals surface area contributed by atoms with Crippen LogP contribution in [0.3, 0.4) is 0 Å². The lowest BCUT2D eigenvalue weighted by molar-refractivity contribution is 0.565. The predicted molar refractivity (Wildman–Crippen MR) is 40.5 cm³/mol. The van der Waals surface area contributed by atoms with Gasteiger partial charge in [0.25, 0.3) is 0 Å². The molecule has 0 atom stereocenters. The Kier molecular flexibility index (Phi) is 2.71. The molecule has 0 aliphatic rings. The van der Waals surface area contributed by atoms with Crippen LogP contribution in [-0.2, 0) is 5.75 Å². The van der Waals surface area contributed by atoms with Crippen molar-refractivity contribution in [1.29, 1.82) is 0 Å². The third-order valence-electron chi connectivity index (χ3n) is 1.05. The lowest BCUT2D eigenvalue weighted by Crippen LogP contribution is -1.73. The Morgan fingerprint density at radius 2 is 2.56 bits per heavy atom. The minimum absolute atomic E-state index is 1.08. The highest BCUT2D eigenvalue weighted by Crippen LogP contribution is 2.10. The minimum Gasteiger partial charge on any atom is -0.472 e. The molecule has 0 unspecified atom stereocenters. The molecule has 1 rings (SSSR count). The van der Waals surface area contributed by atoms with Crippen molar-refractivity contribution in [3.05, 3.63) is 24.2 Å². The molecule has 0 aromatic carbocycles. The summed E-state index contributed by atoms with van der Waals surface area (Å²) in [6.07, 6.45) is 3.51. The first-order valence-electron chi connectivity index (χ1n) is 3.02. The molecule has 9 heavy (non-hydrogen) atoms. The van der Waals surface area contributed by atoms with Gasteiger partial charge in [-0.2, -0.15) is 11.8 Å². The SMILES string of the molecule is CCSCc1ccoc1. The number of thioether (sulfide) groups is 1. The first kappa shape index (κ1) is 6.75. The van der Waals surface area contributed by atoms with Crippen LogP contribution in [0.25, 0.3) is 0 Å². The van der Waals surface area contributed by atoms with E-state index < -0.39 is 0 Å². The topological polar surface area (TPSA) is 13.1 Å². The van der Waals surface area contributed by atoms with Gasteiger partial charge in [-0.05, 0) is 11.8 Å². The second kappa shape index (κ2) is 3.62. The number of hydrogen-bond acceptors (Lipinski definition) is 2. The Morgan fingerprint density at radius 1 is 1.67 bits per heavy atom. The molecule has 1 aromatic rings. The fourth-order valence-corrected chi connectivity index (χ4v) is 1.20. The fraction of sp³-hybridized carbons (Fsp3) is 0.429. The molecule has 1 nitrogen and oxygen atoms in total.